The van der Waals surface area contributed by atoms with Gasteiger partial charge in [-0.05, 0) is 25.0 Å². The fraction of sp³-hybridized carbons (Fsp3) is 0.429. The molecule has 2 atom stereocenters. The first kappa shape index (κ1) is 13.7. The molecule has 0 radical (unpaired) electrons. The Labute approximate surface area is 111 Å². The minimum atomic E-state index is -0.649. The predicted molar refractivity (Wildman–Crippen MR) is 68.2 cm³/mol. The smallest absolute Gasteiger partial charge is 0.356 e. The average Bonchev–Trinajstić information content (AvgIpc) is 2.42. The number of carbonyl (C=O) groups is 2. The van der Waals surface area contributed by atoms with E-state index in [-0.39, 0.29) is 11.7 Å². The normalized spacial score (nSPS) is 19.6. The second kappa shape index (κ2) is 6.45. The topological polar surface area (TPSA) is 75.6 Å². The van der Waals surface area contributed by atoms with E-state index in [2.05, 4.69) is 5.48 Å². The van der Waals surface area contributed by atoms with Gasteiger partial charge in [0.2, 0.25) is 0 Å². The van der Waals surface area contributed by atoms with Crippen LogP contribution in [-0.2, 0) is 9.63 Å². The van der Waals surface area contributed by atoms with Gasteiger partial charge in [-0.2, -0.15) is 5.48 Å². The molecule has 1 aromatic carbocycles. The van der Waals surface area contributed by atoms with Crippen LogP contribution in [0.25, 0.3) is 0 Å². The zero-order valence-electron chi connectivity index (χ0n) is 10.5. The summed E-state index contributed by atoms with van der Waals surface area (Å²) in [6.07, 6.45) is 1.06. The fourth-order valence-corrected chi connectivity index (χ4v) is 1.99. The molecule has 0 unspecified atom stereocenters. The number of aliphatic hydroxyl groups is 1. The Morgan fingerprint density at radius 2 is 2.16 bits per heavy atom. The highest BCUT2D eigenvalue weighted by Gasteiger charge is 2.33. The van der Waals surface area contributed by atoms with Gasteiger partial charge in [0.15, 0.2) is 0 Å². The van der Waals surface area contributed by atoms with Crippen molar-refractivity contribution in [1.29, 1.82) is 0 Å². The molecular formula is C14H17NO4. The highest BCUT2D eigenvalue weighted by molar-refractivity contribution is 5.89. The third kappa shape index (κ3) is 3.62. The maximum absolute atomic E-state index is 11.5. The summed E-state index contributed by atoms with van der Waals surface area (Å²) in [6, 6.07) is 8.64. The third-order valence-electron chi connectivity index (χ3n) is 3.30. The average molecular weight is 263 g/mol. The molecule has 5 heteroatoms. The Morgan fingerprint density at radius 3 is 2.74 bits per heavy atom. The molecule has 1 aliphatic carbocycles. The summed E-state index contributed by atoms with van der Waals surface area (Å²) >= 11 is 0. The number of Topliss-reactive ketones (excluding diaryl/α,β-unsaturated/α-hetero) is 1. The van der Waals surface area contributed by atoms with Crippen molar-refractivity contribution >= 4 is 11.8 Å². The second-order valence-corrected chi connectivity index (χ2v) is 4.62. The van der Waals surface area contributed by atoms with Crippen molar-refractivity contribution < 1.29 is 19.5 Å². The summed E-state index contributed by atoms with van der Waals surface area (Å²) in [5.41, 5.74) is 2.97. The molecule has 0 aromatic heterocycles. The minimum Gasteiger partial charge on any atom is -0.392 e. The van der Waals surface area contributed by atoms with E-state index < -0.39 is 12.1 Å². The van der Waals surface area contributed by atoms with E-state index >= 15 is 0 Å². The predicted octanol–water partition coefficient (Wildman–Crippen LogP) is 1.08. The molecule has 1 saturated carbocycles. The molecule has 0 spiro atoms. The first-order valence-corrected chi connectivity index (χ1v) is 6.38. The molecule has 19 heavy (non-hydrogen) atoms. The van der Waals surface area contributed by atoms with E-state index in [9.17, 15) is 14.7 Å². The Kier molecular flexibility index (Phi) is 4.65. The maximum Gasteiger partial charge on any atom is 0.356 e. The lowest BCUT2D eigenvalue weighted by atomic mass is 9.79. The zero-order chi connectivity index (χ0) is 13.7. The Balaban J connectivity index is 1.64. The summed E-state index contributed by atoms with van der Waals surface area (Å²) in [5, 5.41) is 9.72. The summed E-state index contributed by atoms with van der Waals surface area (Å²) < 4.78 is 0. The van der Waals surface area contributed by atoms with E-state index in [1.54, 1.807) is 24.3 Å². The van der Waals surface area contributed by atoms with Gasteiger partial charge < -0.3 is 9.94 Å². The molecule has 102 valence electrons. The SMILES string of the molecule is O=C(ONCC[C@H](O)[C@H]1CCC1=O)c1ccccc1. The summed E-state index contributed by atoms with van der Waals surface area (Å²) in [6.45, 7) is 0.323. The molecular weight excluding hydrogens is 246 g/mol. The summed E-state index contributed by atoms with van der Waals surface area (Å²) in [4.78, 5) is 27.5. The van der Waals surface area contributed by atoms with Crippen LogP contribution in [-0.4, -0.2) is 29.5 Å². The number of hydrogen-bond donors (Lipinski definition) is 2. The van der Waals surface area contributed by atoms with Crippen LogP contribution >= 0.6 is 0 Å². The van der Waals surface area contributed by atoms with Gasteiger partial charge in [0.05, 0.1) is 11.7 Å². The summed E-state index contributed by atoms with van der Waals surface area (Å²) in [7, 11) is 0. The standard InChI is InChI=1S/C14H17NO4/c16-12-7-6-11(12)13(17)8-9-15-19-14(18)10-4-2-1-3-5-10/h1-5,11,13,15,17H,6-9H2/t11-,13-/m0/s1. The first-order chi connectivity index (χ1) is 9.18. The quantitative estimate of drug-likeness (QED) is 0.593. The van der Waals surface area contributed by atoms with Gasteiger partial charge in [-0.3, -0.25) is 4.79 Å². The lowest BCUT2D eigenvalue weighted by Crippen LogP contribution is -2.38. The largest absolute Gasteiger partial charge is 0.392 e. The number of ketones is 1. The fourth-order valence-electron chi connectivity index (χ4n) is 1.99. The lowest BCUT2D eigenvalue weighted by Gasteiger charge is -2.28. The van der Waals surface area contributed by atoms with Crippen molar-refractivity contribution in [3.05, 3.63) is 35.9 Å². The molecule has 0 amide bonds. The summed E-state index contributed by atoms with van der Waals surface area (Å²) in [5.74, 6) is -0.574. The van der Waals surface area contributed by atoms with Gasteiger partial charge in [0.25, 0.3) is 0 Å². The first-order valence-electron chi connectivity index (χ1n) is 6.38. The molecule has 1 fully saturated rings. The van der Waals surface area contributed by atoms with Crippen molar-refractivity contribution in [2.45, 2.75) is 25.4 Å². The lowest BCUT2D eigenvalue weighted by molar-refractivity contribution is -0.134. The Morgan fingerprint density at radius 1 is 1.42 bits per heavy atom. The highest BCUT2D eigenvalue weighted by atomic mass is 16.7. The van der Waals surface area contributed by atoms with Gasteiger partial charge in [-0.15, -0.1) is 0 Å². The van der Waals surface area contributed by atoms with Gasteiger partial charge in [-0.1, -0.05) is 18.2 Å². The number of carbonyl (C=O) groups excluding carboxylic acids is 2. The number of aliphatic hydroxyl groups excluding tert-OH is 1. The van der Waals surface area contributed by atoms with E-state index in [1.807, 2.05) is 6.07 Å². The van der Waals surface area contributed by atoms with Crippen molar-refractivity contribution in [2.75, 3.05) is 6.54 Å². The van der Waals surface area contributed by atoms with Crippen LogP contribution in [0, 0.1) is 5.92 Å². The van der Waals surface area contributed by atoms with E-state index in [0.717, 1.165) is 6.42 Å². The van der Waals surface area contributed by atoms with E-state index in [1.165, 1.54) is 0 Å². The van der Waals surface area contributed by atoms with Crippen LogP contribution in [0.5, 0.6) is 0 Å². The molecule has 5 nitrogen and oxygen atoms in total. The molecule has 0 saturated heterocycles. The second-order valence-electron chi connectivity index (χ2n) is 4.62. The van der Waals surface area contributed by atoms with Gasteiger partial charge >= 0.3 is 5.97 Å². The van der Waals surface area contributed by atoms with E-state index in [4.69, 9.17) is 4.84 Å². The number of benzene rings is 1. The highest BCUT2D eigenvalue weighted by Crippen LogP contribution is 2.26. The minimum absolute atomic E-state index is 0.119. The third-order valence-corrected chi connectivity index (χ3v) is 3.30. The van der Waals surface area contributed by atoms with Crippen LogP contribution in [0.1, 0.15) is 29.6 Å². The Hall–Kier alpha value is -1.72. The van der Waals surface area contributed by atoms with Crippen molar-refractivity contribution in [3.63, 3.8) is 0 Å². The van der Waals surface area contributed by atoms with Crippen molar-refractivity contribution in [3.8, 4) is 0 Å². The number of rotatable bonds is 6. The zero-order valence-corrected chi connectivity index (χ0v) is 10.5. The van der Waals surface area contributed by atoms with Crippen LogP contribution < -0.4 is 5.48 Å². The molecule has 2 rings (SSSR count). The number of nitrogens with one attached hydrogen (secondary N) is 1. The maximum atomic E-state index is 11.5. The van der Waals surface area contributed by atoms with Crippen LogP contribution in [0.2, 0.25) is 0 Å². The van der Waals surface area contributed by atoms with Crippen LogP contribution in [0.3, 0.4) is 0 Å². The molecule has 0 aliphatic heterocycles. The van der Waals surface area contributed by atoms with Crippen LogP contribution in [0.15, 0.2) is 30.3 Å². The Bertz CT molecular complexity index is 446. The van der Waals surface area contributed by atoms with Crippen molar-refractivity contribution in [1.82, 2.24) is 5.48 Å². The van der Waals surface area contributed by atoms with Crippen molar-refractivity contribution in [2.24, 2.45) is 5.92 Å². The molecule has 2 N–H and O–H groups in total. The molecule has 0 heterocycles. The molecule has 0 bridgehead atoms. The number of hydroxylamine groups is 1. The monoisotopic (exact) mass is 263 g/mol. The molecule has 1 aliphatic rings. The van der Waals surface area contributed by atoms with E-state index in [0.29, 0.717) is 24.9 Å². The van der Waals surface area contributed by atoms with Gasteiger partial charge in [0.1, 0.15) is 5.78 Å². The van der Waals surface area contributed by atoms with Crippen LogP contribution in [0.4, 0.5) is 0 Å². The van der Waals surface area contributed by atoms with Gasteiger partial charge in [-0.25, -0.2) is 4.79 Å². The van der Waals surface area contributed by atoms with Gasteiger partial charge in [0, 0.05) is 18.9 Å². The molecule has 1 aromatic rings. The number of hydrogen-bond acceptors (Lipinski definition) is 5.